The van der Waals surface area contributed by atoms with E-state index in [-0.39, 0.29) is 11.8 Å². The predicted molar refractivity (Wildman–Crippen MR) is 85.9 cm³/mol. The molecule has 1 aliphatic heterocycles. The fourth-order valence-corrected chi connectivity index (χ4v) is 3.24. The average Bonchev–Trinajstić information content (AvgIpc) is 2.46. The molecule has 0 aromatic heterocycles. The molecule has 5 heteroatoms. The standard InChI is InChI=1S/C15H24BrN3O/c1-2-5-18-6-8-19(9-7-18)14(11-17)12-3-4-15(20)13(16)10-12/h3-4,10,14,20H,2,5-9,11,17H2,1H3. The normalized spacial score (nSPS) is 19.1. The van der Waals surface area contributed by atoms with E-state index in [1.807, 2.05) is 12.1 Å². The summed E-state index contributed by atoms with van der Waals surface area (Å²) in [6, 6.07) is 5.91. The van der Waals surface area contributed by atoms with Crippen molar-refractivity contribution in [3.05, 3.63) is 28.2 Å². The van der Waals surface area contributed by atoms with Crippen molar-refractivity contribution >= 4 is 15.9 Å². The van der Waals surface area contributed by atoms with Gasteiger partial charge in [-0.3, -0.25) is 4.90 Å². The Morgan fingerprint density at radius 2 is 2.00 bits per heavy atom. The molecule has 0 bridgehead atoms. The summed E-state index contributed by atoms with van der Waals surface area (Å²) >= 11 is 3.38. The number of aromatic hydroxyl groups is 1. The van der Waals surface area contributed by atoms with E-state index in [2.05, 4.69) is 32.7 Å². The molecule has 1 unspecified atom stereocenters. The highest BCUT2D eigenvalue weighted by atomic mass is 79.9. The molecule has 3 N–H and O–H groups in total. The Labute approximate surface area is 129 Å². The Bertz CT molecular complexity index is 433. The van der Waals surface area contributed by atoms with Crippen LogP contribution in [0.5, 0.6) is 5.75 Å². The predicted octanol–water partition coefficient (Wildman–Crippen LogP) is 2.18. The third-order valence-corrected chi connectivity index (χ3v) is 4.60. The van der Waals surface area contributed by atoms with Gasteiger partial charge >= 0.3 is 0 Å². The van der Waals surface area contributed by atoms with E-state index in [0.29, 0.717) is 6.54 Å². The highest BCUT2D eigenvalue weighted by molar-refractivity contribution is 9.10. The Kier molecular flexibility index (Phi) is 5.84. The number of benzene rings is 1. The van der Waals surface area contributed by atoms with E-state index in [1.54, 1.807) is 6.07 Å². The third-order valence-electron chi connectivity index (χ3n) is 3.97. The Morgan fingerprint density at radius 1 is 1.30 bits per heavy atom. The van der Waals surface area contributed by atoms with Crippen molar-refractivity contribution in [1.29, 1.82) is 0 Å². The summed E-state index contributed by atoms with van der Waals surface area (Å²) in [5.74, 6) is 0.275. The van der Waals surface area contributed by atoms with Gasteiger partial charge in [0.1, 0.15) is 5.75 Å². The van der Waals surface area contributed by atoms with Crippen LogP contribution in [0.3, 0.4) is 0 Å². The summed E-state index contributed by atoms with van der Waals surface area (Å²) in [6.07, 6.45) is 1.21. The van der Waals surface area contributed by atoms with Crippen molar-refractivity contribution in [3.63, 3.8) is 0 Å². The molecule has 1 saturated heterocycles. The first-order valence-corrected chi connectivity index (χ1v) is 8.10. The molecule has 0 spiro atoms. The zero-order valence-electron chi connectivity index (χ0n) is 12.1. The van der Waals surface area contributed by atoms with Gasteiger partial charge in [0.15, 0.2) is 0 Å². The van der Waals surface area contributed by atoms with Crippen molar-refractivity contribution in [2.75, 3.05) is 39.3 Å². The van der Waals surface area contributed by atoms with Gasteiger partial charge in [0, 0.05) is 38.8 Å². The number of phenols is 1. The van der Waals surface area contributed by atoms with Crippen molar-refractivity contribution in [2.24, 2.45) is 5.73 Å². The number of hydrogen-bond acceptors (Lipinski definition) is 4. The summed E-state index contributed by atoms with van der Waals surface area (Å²) in [4.78, 5) is 4.96. The van der Waals surface area contributed by atoms with Gasteiger partial charge in [0.05, 0.1) is 4.47 Å². The van der Waals surface area contributed by atoms with E-state index >= 15 is 0 Å². The quantitative estimate of drug-likeness (QED) is 0.861. The molecule has 0 saturated carbocycles. The molecule has 1 aliphatic rings. The molecule has 0 radical (unpaired) electrons. The minimum absolute atomic E-state index is 0.232. The van der Waals surface area contributed by atoms with Crippen LogP contribution >= 0.6 is 15.9 Å². The summed E-state index contributed by atoms with van der Waals surface area (Å²) in [6.45, 7) is 8.35. The van der Waals surface area contributed by atoms with Crippen LogP contribution in [0.15, 0.2) is 22.7 Å². The number of rotatable bonds is 5. The summed E-state index contributed by atoms with van der Waals surface area (Å²) in [5.41, 5.74) is 7.15. The zero-order chi connectivity index (χ0) is 14.5. The van der Waals surface area contributed by atoms with Crippen LogP contribution in [0.4, 0.5) is 0 Å². The maximum absolute atomic E-state index is 9.60. The molecule has 1 heterocycles. The number of nitrogens with zero attached hydrogens (tertiary/aromatic N) is 2. The molecule has 20 heavy (non-hydrogen) atoms. The second-order valence-electron chi connectivity index (χ2n) is 5.34. The topological polar surface area (TPSA) is 52.7 Å². The zero-order valence-corrected chi connectivity index (χ0v) is 13.6. The third kappa shape index (κ3) is 3.73. The monoisotopic (exact) mass is 341 g/mol. The van der Waals surface area contributed by atoms with Crippen molar-refractivity contribution < 1.29 is 5.11 Å². The molecule has 4 nitrogen and oxygen atoms in total. The van der Waals surface area contributed by atoms with E-state index in [9.17, 15) is 5.11 Å². The van der Waals surface area contributed by atoms with Gasteiger partial charge < -0.3 is 15.7 Å². The fourth-order valence-electron chi connectivity index (χ4n) is 2.84. The smallest absolute Gasteiger partial charge is 0.129 e. The number of halogens is 1. The van der Waals surface area contributed by atoms with Crippen molar-refractivity contribution in [3.8, 4) is 5.75 Å². The molecule has 1 atom stereocenters. The second-order valence-corrected chi connectivity index (χ2v) is 6.19. The number of phenolic OH excluding ortho intramolecular Hbond substituents is 1. The average molecular weight is 342 g/mol. The minimum Gasteiger partial charge on any atom is -0.507 e. The largest absolute Gasteiger partial charge is 0.507 e. The first-order chi connectivity index (χ1) is 9.65. The lowest BCUT2D eigenvalue weighted by atomic mass is 10.0. The molecule has 1 fully saturated rings. The van der Waals surface area contributed by atoms with Gasteiger partial charge in [-0.05, 0) is 46.6 Å². The molecule has 0 amide bonds. The van der Waals surface area contributed by atoms with Gasteiger partial charge in [-0.15, -0.1) is 0 Å². The second kappa shape index (κ2) is 7.41. The Morgan fingerprint density at radius 3 is 2.55 bits per heavy atom. The maximum atomic E-state index is 9.60. The first kappa shape index (κ1) is 15.8. The summed E-state index contributed by atoms with van der Waals surface area (Å²) < 4.78 is 0.734. The molecule has 0 aliphatic carbocycles. The highest BCUT2D eigenvalue weighted by Crippen LogP contribution is 2.29. The van der Waals surface area contributed by atoms with Crippen LogP contribution in [0.1, 0.15) is 24.9 Å². The van der Waals surface area contributed by atoms with Crippen LogP contribution in [0.2, 0.25) is 0 Å². The molecule has 112 valence electrons. The van der Waals surface area contributed by atoms with Gasteiger partial charge in [-0.25, -0.2) is 0 Å². The lowest BCUT2D eigenvalue weighted by Crippen LogP contribution is -2.49. The first-order valence-electron chi connectivity index (χ1n) is 7.30. The van der Waals surface area contributed by atoms with Gasteiger partial charge in [-0.2, -0.15) is 0 Å². The summed E-state index contributed by atoms with van der Waals surface area (Å²) in [7, 11) is 0. The summed E-state index contributed by atoms with van der Waals surface area (Å²) in [5, 5.41) is 9.60. The lowest BCUT2D eigenvalue weighted by Gasteiger charge is -2.39. The van der Waals surface area contributed by atoms with E-state index < -0.39 is 0 Å². The van der Waals surface area contributed by atoms with Crippen molar-refractivity contribution in [1.82, 2.24) is 9.80 Å². The number of hydrogen-bond donors (Lipinski definition) is 2. The molecule has 2 rings (SSSR count). The van der Waals surface area contributed by atoms with E-state index in [1.165, 1.54) is 18.5 Å². The Hall–Kier alpha value is -0.620. The van der Waals surface area contributed by atoms with Gasteiger partial charge in [-0.1, -0.05) is 13.0 Å². The van der Waals surface area contributed by atoms with Crippen LogP contribution < -0.4 is 5.73 Å². The SMILES string of the molecule is CCCN1CCN(C(CN)c2ccc(O)c(Br)c2)CC1. The van der Waals surface area contributed by atoms with Crippen LogP contribution in [-0.4, -0.2) is 54.2 Å². The lowest BCUT2D eigenvalue weighted by molar-refractivity contribution is 0.0985. The minimum atomic E-state index is 0.232. The van der Waals surface area contributed by atoms with Crippen LogP contribution in [0, 0.1) is 0 Å². The molecular formula is C15H24BrN3O. The highest BCUT2D eigenvalue weighted by Gasteiger charge is 2.24. The molecule has 1 aromatic rings. The number of piperazine rings is 1. The fraction of sp³-hybridized carbons (Fsp3) is 0.600. The Balaban J connectivity index is 2.03. The molecule has 1 aromatic carbocycles. The molecular weight excluding hydrogens is 318 g/mol. The van der Waals surface area contributed by atoms with Crippen LogP contribution in [-0.2, 0) is 0 Å². The van der Waals surface area contributed by atoms with Gasteiger partial charge in [0.25, 0.3) is 0 Å². The maximum Gasteiger partial charge on any atom is 0.129 e. The van der Waals surface area contributed by atoms with Crippen LogP contribution in [0.25, 0.3) is 0 Å². The van der Waals surface area contributed by atoms with E-state index in [4.69, 9.17) is 5.73 Å². The number of nitrogens with two attached hydrogens (primary N) is 1. The van der Waals surface area contributed by atoms with E-state index in [0.717, 1.165) is 30.7 Å². The van der Waals surface area contributed by atoms with Gasteiger partial charge in [0.2, 0.25) is 0 Å². The van der Waals surface area contributed by atoms with Crippen molar-refractivity contribution in [2.45, 2.75) is 19.4 Å².